The van der Waals surface area contributed by atoms with E-state index in [9.17, 15) is 13.2 Å². The van der Waals surface area contributed by atoms with Crippen LogP contribution in [0.1, 0.15) is 20.3 Å². The molecule has 0 saturated carbocycles. The van der Waals surface area contributed by atoms with Gasteiger partial charge in [0.05, 0.1) is 30.1 Å². The summed E-state index contributed by atoms with van der Waals surface area (Å²) >= 11 is 1.24. The molecular formula is C18H25N5O4S2. The molecule has 1 aliphatic heterocycles. The number of tetrazole rings is 1. The van der Waals surface area contributed by atoms with Crippen molar-refractivity contribution >= 4 is 27.5 Å². The molecule has 1 aliphatic rings. The molecule has 0 aliphatic carbocycles. The van der Waals surface area contributed by atoms with Crippen LogP contribution < -0.4 is 4.74 Å². The van der Waals surface area contributed by atoms with Gasteiger partial charge in [-0.1, -0.05) is 25.6 Å². The minimum Gasteiger partial charge on any atom is -0.497 e. The molecule has 1 aromatic carbocycles. The van der Waals surface area contributed by atoms with Crippen molar-refractivity contribution in [1.29, 1.82) is 0 Å². The molecular weight excluding hydrogens is 414 g/mol. The third kappa shape index (κ3) is 5.47. The lowest BCUT2D eigenvalue weighted by Gasteiger charge is -2.29. The topological polar surface area (TPSA) is 107 Å². The molecule has 1 aromatic heterocycles. The largest absolute Gasteiger partial charge is 0.497 e. The zero-order valence-corrected chi connectivity index (χ0v) is 18.3. The summed E-state index contributed by atoms with van der Waals surface area (Å²) in [6, 6.07) is 7.02. The Morgan fingerprint density at radius 1 is 1.34 bits per heavy atom. The highest BCUT2D eigenvalue weighted by molar-refractivity contribution is 7.99. The van der Waals surface area contributed by atoms with Crippen LogP contribution in [0.3, 0.4) is 0 Å². The molecule has 1 atom stereocenters. The molecule has 2 heterocycles. The van der Waals surface area contributed by atoms with Crippen LogP contribution in [-0.4, -0.2) is 76.4 Å². The number of ether oxygens (including phenoxy) is 1. The van der Waals surface area contributed by atoms with Gasteiger partial charge in [-0.3, -0.25) is 4.79 Å². The van der Waals surface area contributed by atoms with Gasteiger partial charge in [-0.25, -0.2) is 8.42 Å². The van der Waals surface area contributed by atoms with Crippen LogP contribution in [0.15, 0.2) is 29.4 Å². The zero-order valence-electron chi connectivity index (χ0n) is 16.7. The van der Waals surface area contributed by atoms with E-state index >= 15 is 0 Å². The minimum atomic E-state index is -3.06. The second-order valence-electron chi connectivity index (χ2n) is 7.36. The quantitative estimate of drug-likeness (QED) is 0.569. The lowest BCUT2D eigenvalue weighted by Crippen LogP contribution is -2.44. The summed E-state index contributed by atoms with van der Waals surface area (Å²) in [4.78, 5) is 14.6. The Balaban J connectivity index is 1.69. The van der Waals surface area contributed by atoms with Gasteiger partial charge in [-0.2, -0.15) is 4.68 Å². The first-order valence-electron chi connectivity index (χ1n) is 9.34. The number of rotatable bonds is 8. The normalized spacial score (nSPS) is 18.1. The Bertz CT molecular complexity index is 943. The van der Waals surface area contributed by atoms with Gasteiger partial charge in [0.15, 0.2) is 9.84 Å². The van der Waals surface area contributed by atoms with Gasteiger partial charge in [0, 0.05) is 12.6 Å². The molecule has 29 heavy (non-hydrogen) atoms. The lowest BCUT2D eigenvalue weighted by atomic mass is 10.1. The molecule has 3 rings (SSSR count). The van der Waals surface area contributed by atoms with Crippen molar-refractivity contribution in [2.24, 2.45) is 5.92 Å². The van der Waals surface area contributed by atoms with Gasteiger partial charge in [0.25, 0.3) is 0 Å². The number of carbonyl (C=O) groups excluding carboxylic acids is 1. The Labute approximate surface area is 174 Å². The Morgan fingerprint density at radius 3 is 2.66 bits per heavy atom. The molecule has 2 aromatic rings. The highest BCUT2D eigenvalue weighted by Gasteiger charge is 2.34. The second-order valence-corrected chi connectivity index (χ2v) is 10.5. The molecule has 0 radical (unpaired) electrons. The fourth-order valence-electron chi connectivity index (χ4n) is 3.23. The Hall–Kier alpha value is -2.14. The van der Waals surface area contributed by atoms with Gasteiger partial charge in [-0.05, 0) is 47.0 Å². The summed E-state index contributed by atoms with van der Waals surface area (Å²) in [5.74, 6) is 1.19. The van der Waals surface area contributed by atoms with E-state index in [1.54, 1.807) is 16.7 Å². The summed E-state index contributed by atoms with van der Waals surface area (Å²) in [7, 11) is -1.47. The number of nitrogens with zero attached hydrogens (tertiary/aromatic N) is 5. The van der Waals surface area contributed by atoms with E-state index in [1.165, 1.54) is 11.8 Å². The van der Waals surface area contributed by atoms with Crippen molar-refractivity contribution in [2.45, 2.75) is 31.5 Å². The number of thioether (sulfide) groups is 1. The van der Waals surface area contributed by atoms with Crippen LogP contribution in [0.2, 0.25) is 0 Å². The smallest absolute Gasteiger partial charge is 0.233 e. The van der Waals surface area contributed by atoms with E-state index in [0.29, 0.717) is 18.1 Å². The number of benzene rings is 1. The summed E-state index contributed by atoms with van der Waals surface area (Å²) < 4.78 is 30.4. The monoisotopic (exact) mass is 439 g/mol. The molecule has 0 bridgehead atoms. The van der Waals surface area contributed by atoms with Gasteiger partial charge in [0.1, 0.15) is 5.75 Å². The number of amides is 1. The maximum atomic E-state index is 12.9. The number of aromatic nitrogens is 4. The summed E-state index contributed by atoms with van der Waals surface area (Å²) in [6.45, 7) is 4.56. The fraction of sp³-hybridized carbons (Fsp3) is 0.556. The minimum absolute atomic E-state index is 0.0414. The van der Waals surface area contributed by atoms with Crippen molar-refractivity contribution in [1.82, 2.24) is 25.1 Å². The average molecular weight is 440 g/mol. The van der Waals surface area contributed by atoms with Crippen LogP contribution in [0.4, 0.5) is 0 Å². The fourth-order valence-corrected chi connectivity index (χ4v) is 5.74. The van der Waals surface area contributed by atoms with Crippen molar-refractivity contribution in [2.75, 3.05) is 30.9 Å². The third-order valence-electron chi connectivity index (χ3n) is 4.61. The van der Waals surface area contributed by atoms with Crippen molar-refractivity contribution in [3.8, 4) is 11.4 Å². The van der Waals surface area contributed by atoms with E-state index in [2.05, 4.69) is 15.5 Å². The van der Waals surface area contributed by atoms with Crippen molar-refractivity contribution < 1.29 is 17.9 Å². The molecule has 1 unspecified atom stereocenters. The van der Waals surface area contributed by atoms with Crippen LogP contribution >= 0.6 is 11.8 Å². The summed E-state index contributed by atoms with van der Waals surface area (Å²) in [6.07, 6.45) is 0.495. The molecule has 1 saturated heterocycles. The predicted octanol–water partition coefficient (Wildman–Crippen LogP) is 1.43. The SMILES string of the molecule is COc1ccc(-n2nnnc2SCC(=O)N(CC(C)C)C2CCS(=O)(=O)C2)cc1. The van der Waals surface area contributed by atoms with Crippen molar-refractivity contribution in [3.05, 3.63) is 24.3 Å². The van der Waals surface area contributed by atoms with E-state index in [1.807, 2.05) is 38.1 Å². The number of carbonyl (C=O) groups is 1. The van der Waals surface area contributed by atoms with Crippen LogP contribution in [0, 0.1) is 5.92 Å². The molecule has 11 heteroatoms. The average Bonchev–Trinajstić information content (AvgIpc) is 3.30. The third-order valence-corrected chi connectivity index (χ3v) is 7.27. The molecule has 158 valence electrons. The van der Waals surface area contributed by atoms with Gasteiger partial charge in [-0.15, -0.1) is 5.10 Å². The summed E-state index contributed by atoms with van der Waals surface area (Å²) in [5.41, 5.74) is 0.756. The van der Waals surface area contributed by atoms with E-state index in [0.717, 1.165) is 11.4 Å². The number of methoxy groups -OCH3 is 1. The van der Waals surface area contributed by atoms with Crippen molar-refractivity contribution in [3.63, 3.8) is 0 Å². The number of sulfone groups is 1. The molecule has 0 spiro atoms. The van der Waals surface area contributed by atoms with Gasteiger partial charge < -0.3 is 9.64 Å². The van der Waals surface area contributed by atoms with Crippen LogP contribution in [-0.2, 0) is 14.6 Å². The van der Waals surface area contributed by atoms with Gasteiger partial charge in [0.2, 0.25) is 11.1 Å². The predicted molar refractivity (Wildman–Crippen MR) is 110 cm³/mol. The second kappa shape index (κ2) is 9.12. The molecule has 0 N–H and O–H groups in total. The van der Waals surface area contributed by atoms with Gasteiger partial charge >= 0.3 is 0 Å². The lowest BCUT2D eigenvalue weighted by molar-refractivity contribution is -0.130. The molecule has 1 amide bonds. The number of hydrogen-bond acceptors (Lipinski definition) is 8. The Kier molecular flexibility index (Phi) is 6.78. The zero-order chi connectivity index (χ0) is 21.0. The van der Waals surface area contributed by atoms with Crippen LogP contribution in [0.5, 0.6) is 5.75 Å². The number of hydrogen-bond donors (Lipinski definition) is 0. The maximum absolute atomic E-state index is 12.9. The first-order chi connectivity index (χ1) is 13.8. The highest BCUT2D eigenvalue weighted by atomic mass is 32.2. The Morgan fingerprint density at radius 2 is 2.07 bits per heavy atom. The van der Waals surface area contributed by atoms with Crippen LogP contribution in [0.25, 0.3) is 5.69 Å². The molecule has 9 nitrogen and oxygen atoms in total. The maximum Gasteiger partial charge on any atom is 0.233 e. The first kappa shape index (κ1) is 21.6. The first-order valence-corrected chi connectivity index (χ1v) is 12.2. The van der Waals surface area contributed by atoms with E-state index in [-0.39, 0.29) is 35.1 Å². The summed E-state index contributed by atoms with van der Waals surface area (Å²) in [5, 5.41) is 12.2. The standard InChI is InChI=1S/C18H25N5O4S2/c1-13(2)10-22(15-8-9-29(25,26)12-15)17(24)11-28-18-19-20-21-23(18)14-4-6-16(27-3)7-5-14/h4-7,13,15H,8-12H2,1-3H3. The van der Waals surface area contributed by atoms with E-state index < -0.39 is 9.84 Å². The highest BCUT2D eigenvalue weighted by Crippen LogP contribution is 2.23. The van der Waals surface area contributed by atoms with E-state index in [4.69, 9.17) is 4.74 Å². The molecule has 1 fully saturated rings.